The molecule has 0 saturated heterocycles. The topological polar surface area (TPSA) is 71.3 Å². The Hall–Kier alpha value is -2.30. The number of rotatable bonds is 6. The molecule has 4 bridgehead atoms. The molecule has 154 valence electrons. The number of hydrogen-bond donors (Lipinski definition) is 2. The van der Waals surface area contributed by atoms with Gasteiger partial charge in [0.25, 0.3) is 0 Å². The van der Waals surface area contributed by atoms with Crippen LogP contribution < -0.4 is 10.6 Å². The van der Waals surface area contributed by atoms with E-state index in [1.807, 2.05) is 37.3 Å². The lowest BCUT2D eigenvalue weighted by Crippen LogP contribution is -2.48. The Morgan fingerprint density at radius 1 is 1.07 bits per heavy atom. The quantitative estimate of drug-likeness (QED) is 0.766. The third-order valence-electron chi connectivity index (χ3n) is 7.40. The molecular weight excluding hydrogens is 364 g/mol. The van der Waals surface area contributed by atoms with Gasteiger partial charge in [-0.15, -0.1) is 0 Å². The van der Waals surface area contributed by atoms with Gasteiger partial charge >= 0.3 is 0 Å². The van der Waals surface area contributed by atoms with Gasteiger partial charge in [-0.05, 0) is 80.8 Å². The zero-order valence-electron chi connectivity index (χ0n) is 17.1. The Kier molecular flexibility index (Phi) is 4.64. The monoisotopic (exact) mass is 394 g/mol. The average Bonchev–Trinajstić information content (AvgIpc) is 3.09. The van der Waals surface area contributed by atoms with Crippen molar-refractivity contribution in [3.8, 4) is 0 Å². The summed E-state index contributed by atoms with van der Waals surface area (Å²) in [7, 11) is 0. The molecule has 1 aromatic carbocycles. The second-order valence-electron chi connectivity index (χ2n) is 9.85. The maximum Gasteiger partial charge on any atom is 0.239 e. The molecule has 0 unspecified atom stereocenters. The number of furan rings is 1. The molecule has 2 amide bonds. The summed E-state index contributed by atoms with van der Waals surface area (Å²) in [6, 6.07) is 9.50. The number of nitrogens with one attached hydrogen (secondary N) is 2. The van der Waals surface area contributed by atoms with E-state index in [-0.39, 0.29) is 29.8 Å². The lowest BCUT2D eigenvalue weighted by molar-refractivity contribution is -0.132. The third kappa shape index (κ3) is 3.79. The van der Waals surface area contributed by atoms with E-state index < -0.39 is 0 Å². The standard InChI is InChI=1S/C24H30N2O3/c1-15(21-9-19-4-2-3-5-20(19)29-21)26-23(28)14-25-22(27)13-24-10-16-6-17(11-24)8-18(7-16)12-24/h2-5,9,15-18H,6-8,10-14H2,1H3,(H,25,27)(H,26,28)/t15-,16?,17?,18?,24?/m1/s1. The van der Waals surface area contributed by atoms with Crippen molar-refractivity contribution in [2.45, 2.75) is 57.9 Å². The van der Waals surface area contributed by atoms with Crippen molar-refractivity contribution in [1.29, 1.82) is 0 Å². The Bertz CT molecular complexity index is 863. The maximum atomic E-state index is 12.6. The number of hydrogen-bond acceptors (Lipinski definition) is 3. The molecule has 4 aliphatic carbocycles. The van der Waals surface area contributed by atoms with Crippen LogP contribution >= 0.6 is 0 Å². The first-order valence-electron chi connectivity index (χ1n) is 11.0. The summed E-state index contributed by atoms with van der Waals surface area (Å²) in [5.41, 5.74) is 1.02. The number of carbonyl (C=O) groups excluding carboxylic acids is 2. The van der Waals surface area contributed by atoms with Gasteiger partial charge in [0.15, 0.2) is 0 Å². The molecule has 4 aliphatic rings. The van der Waals surface area contributed by atoms with Gasteiger partial charge in [-0.3, -0.25) is 9.59 Å². The van der Waals surface area contributed by atoms with Crippen LogP contribution in [0.5, 0.6) is 0 Å². The summed E-state index contributed by atoms with van der Waals surface area (Å²) in [6.45, 7) is 1.92. The molecule has 0 radical (unpaired) electrons. The first-order valence-corrected chi connectivity index (χ1v) is 11.0. The van der Waals surface area contributed by atoms with Crippen molar-refractivity contribution in [3.63, 3.8) is 0 Å². The van der Waals surface area contributed by atoms with Gasteiger partial charge in [-0.1, -0.05) is 18.2 Å². The molecule has 5 heteroatoms. The van der Waals surface area contributed by atoms with Crippen molar-refractivity contribution in [3.05, 3.63) is 36.1 Å². The highest BCUT2D eigenvalue weighted by Crippen LogP contribution is 2.61. The van der Waals surface area contributed by atoms with Gasteiger partial charge in [-0.25, -0.2) is 0 Å². The fourth-order valence-corrected chi connectivity index (χ4v) is 6.67. The van der Waals surface area contributed by atoms with Crippen molar-refractivity contribution in [1.82, 2.24) is 10.6 Å². The summed E-state index contributed by atoms with van der Waals surface area (Å²) in [6.07, 6.45) is 8.35. The third-order valence-corrected chi connectivity index (χ3v) is 7.40. The van der Waals surface area contributed by atoms with Crippen LogP contribution in [0.4, 0.5) is 0 Å². The van der Waals surface area contributed by atoms with Crippen LogP contribution in [0.2, 0.25) is 0 Å². The van der Waals surface area contributed by atoms with Crippen molar-refractivity contribution in [2.24, 2.45) is 23.2 Å². The van der Waals surface area contributed by atoms with Crippen LogP contribution in [0, 0.1) is 23.2 Å². The number of fused-ring (bicyclic) bond motifs is 1. The number of carbonyl (C=O) groups is 2. The molecule has 4 fully saturated rings. The number of amides is 2. The van der Waals surface area contributed by atoms with Crippen LogP contribution in [0.3, 0.4) is 0 Å². The van der Waals surface area contributed by atoms with Crippen LogP contribution in [0.25, 0.3) is 11.0 Å². The van der Waals surface area contributed by atoms with Crippen molar-refractivity contribution >= 4 is 22.8 Å². The number of para-hydroxylation sites is 1. The average molecular weight is 395 g/mol. The highest BCUT2D eigenvalue weighted by atomic mass is 16.3. The van der Waals surface area contributed by atoms with Crippen LogP contribution in [0.15, 0.2) is 34.7 Å². The SMILES string of the molecule is C[C@@H](NC(=O)CNC(=O)CC12CC3CC(CC(C3)C1)C2)c1cc2ccccc2o1. The van der Waals surface area contributed by atoms with E-state index in [9.17, 15) is 9.59 Å². The predicted molar refractivity (Wildman–Crippen MR) is 111 cm³/mol. The molecule has 0 aliphatic heterocycles. The van der Waals surface area contributed by atoms with E-state index in [4.69, 9.17) is 4.42 Å². The van der Waals surface area contributed by atoms with E-state index in [1.165, 1.54) is 38.5 Å². The van der Waals surface area contributed by atoms with E-state index in [0.29, 0.717) is 6.42 Å². The smallest absolute Gasteiger partial charge is 0.239 e. The zero-order valence-corrected chi connectivity index (χ0v) is 17.1. The molecule has 2 N–H and O–H groups in total. The van der Waals surface area contributed by atoms with Crippen LogP contribution in [-0.2, 0) is 9.59 Å². The van der Waals surface area contributed by atoms with Crippen molar-refractivity contribution < 1.29 is 14.0 Å². The molecule has 1 heterocycles. The molecule has 5 nitrogen and oxygen atoms in total. The highest BCUT2D eigenvalue weighted by Gasteiger charge is 2.51. The zero-order chi connectivity index (χ0) is 20.0. The van der Waals surface area contributed by atoms with Crippen molar-refractivity contribution in [2.75, 3.05) is 6.54 Å². The predicted octanol–water partition coefficient (Wildman–Crippen LogP) is 4.33. The molecule has 1 aromatic heterocycles. The summed E-state index contributed by atoms with van der Waals surface area (Å²) >= 11 is 0. The number of benzene rings is 1. The van der Waals surface area contributed by atoms with Crippen LogP contribution in [-0.4, -0.2) is 18.4 Å². The van der Waals surface area contributed by atoms with E-state index >= 15 is 0 Å². The molecule has 1 atom stereocenters. The largest absolute Gasteiger partial charge is 0.459 e. The van der Waals surface area contributed by atoms with Gasteiger partial charge in [0.2, 0.25) is 11.8 Å². The fraction of sp³-hybridized carbons (Fsp3) is 0.583. The molecule has 2 aromatic rings. The lowest BCUT2D eigenvalue weighted by Gasteiger charge is -2.56. The second-order valence-corrected chi connectivity index (χ2v) is 9.85. The summed E-state index contributed by atoms with van der Waals surface area (Å²) < 4.78 is 5.81. The van der Waals surface area contributed by atoms with E-state index in [0.717, 1.165) is 34.5 Å². The van der Waals surface area contributed by atoms with Crippen LogP contribution in [0.1, 0.15) is 63.7 Å². The molecular formula is C24H30N2O3. The normalized spacial score (nSPS) is 31.0. The molecule has 4 saturated carbocycles. The highest BCUT2D eigenvalue weighted by molar-refractivity contribution is 5.85. The molecule has 6 rings (SSSR count). The Balaban J connectivity index is 1.12. The minimum Gasteiger partial charge on any atom is -0.459 e. The lowest BCUT2D eigenvalue weighted by atomic mass is 9.49. The summed E-state index contributed by atoms with van der Waals surface area (Å²) in [4.78, 5) is 24.9. The van der Waals surface area contributed by atoms with Gasteiger partial charge < -0.3 is 15.1 Å². The molecule has 29 heavy (non-hydrogen) atoms. The first kappa shape index (κ1) is 18.7. The first-order chi connectivity index (χ1) is 14.0. The van der Waals surface area contributed by atoms with E-state index in [2.05, 4.69) is 10.6 Å². The van der Waals surface area contributed by atoms with Gasteiger partial charge in [0.1, 0.15) is 11.3 Å². The maximum absolute atomic E-state index is 12.6. The Morgan fingerprint density at radius 3 is 2.38 bits per heavy atom. The van der Waals surface area contributed by atoms with E-state index in [1.54, 1.807) is 0 Å². The minimum absolute atomic E-state index is 0.0236. The Labute approximate surface area is 171 Å². The summed E-state index contributed by atoms with van der Waals surface area (Å²) in [5.74, 6) is 3.07. The van der Waals surface area contributed by atoms with Gasteiger partial charge in [-0.2, -0.15) is 0 Å². The summed E-state index contributed by atoms with van der Waals surface area (Å²) in [5, 5.41) is 6.80. The molecule has 0 spiro atoms. The fourth-order valence-electron chi connectivity index (χ4n) is 6.67. The minimum atomic E-state index is -0.241. The van der Waals surface area contributed by atoms with Gasteiger partial charge in [0.05, 0.1) is 12.6 Å². The van der Waals surface area contributed by atoms with Gasteiger partial charge in [0, 0.05) is 11.8 Å². The second kappa shape index (κ2) is 7.19. The Morgan fingerprint density at radius 2 is 1.72 bits per heavy atom.